The van der Waals surface area contributed by atoms with Crippen molar-refractivity contribution in [1.82, 2.24) is 0 Å². The minimum atomic E-state index is 0.721. The Bertz CT molecular complexity index is 314. The second kappa shape index (κ2) is 12.2. The molecule has 6 unspecified atom stereocenters. The van der Waals surface area contributed by atoms with Crippen LogP contribution in [0.5, 0.6) is 0 Å². The van der Waals surface area contributed by atoms with Crippen LogP contribution in [0.15, 0.2) is 11.6 Å². The highest BCUT2D eigenvalue weighted by Gasteiger charge is 2.20. The molecule has 0 aliphatic heterocycles. The molecule has 138 valence electrons. The van der Waals surface area contributed by atoms with E-state index in [9.17, 15) is 0 Å². The van der Waals surface area contributed by atoms with Crippen molar-refractivity contribution in [2.24, 2.45) is 35.5 Å². The first kappa shape index (κ1) is 22.7. The Labute approximate surface area is 148 Å². The molecular formula is C23H46. The molecule has 0 heteroatoms. The first-order chi connectivity index (χ1) is 10.7. The van der Waals surface area contributed by atoms with Crippen molar-refractivity contribution < 1.29 is 0 Å². The highest BCUT2D eigenvalue weighted by Crippen LogP contribution is 2.31. The fourth-order valence-corrected chi connectivity index (χ4v) is 3.52. The van der Waals surface area contributed by atoms with Crippen LogP contribution in [0.25, 0.3) is 0 Å². The second-order valence-corrected chi connectivity index (χ2v) is 8.65. The Balaban J connectivity index is 4.46. The topological polar surface area (TPSA) is 0 Å². The zero-order valence-corrected chi connectivity index (χ0v) is 17.8. The lowest BCUT2D eigenvalue weighted by Gasteiger charge is -2.28. The van der Waals surface area contributed by atoms with Crippen LogP contribution in [-0.2, 0) is 0 Å². The van der Waals surface area contributed by atoms with Gasteiger partial charge in [-0.05, 0) is 55.3 Å². The number of unbranched alkanes of at least 4 members (excludes halogenated alkanes) is 1. The lowest BCUT2D eigenvalue weighted by atomic mass is 9.78. The van der Waals surface area contributed by atoms with Gasteiger partial charge in [0.15, 0.2) is 0 Å². The zero-order valence-electron chi connectivity index (χ0n) is 17.8. The first-order valence-corrected chi connectivity index (χ1v) is 10.4. The minimum absolute atomic E-state index is 0.721. The van der Waals surface area contributed by atoms with Crippen molar-refractivity contribution in [2.45, 2.75) is 101 Å². The van der Waals surface area contributed by atoms with Crippen LogP contribution in [-0.4, -0.2) is 0 Å². The van der Waals surface area contributed by atoms with Crippen molar-refractivity contribution in [3.05, 3.63) is 11.6 Å². The van der Waals surface area contributed by atoms with Crippen molar-refractivity contribution in [1.29, 1.82) is 0 Å². The van der Waals surface area contributed by atoms with Crippen LogP contribution in [0.4, 0.5) is 0 Å². The van der Waals surface area contributed by atoms with Gasteiger partial charge in [0.25, 0.3) is 0 Å². The summed E-state index contributed by atoms with van der Waals surface area (Å²) in [4.78, 5) is 0. The maximum atomic E-state index is 2.55. The smallest absolute Gasteiger partial charge is 0.0206 e. The van der Waals surface area contributed by atoms with Crippen molar-refractivity contribution in [3.63, 3.8) is 0 Å². The number of rotatable bonds is 12. The summed E-state index contributed by atoms with van der Waals surface area (Å²) in [6, 6.07) is 0. The van der Waals surface area contributed by atoms with Crippen LogP contribution in [0, 0.1) is 35.5 Å². The summed E-state index contributed by atoms with van der Waals surface area (Å²) in [5, 5.41) is 0. The van der Waals surface area contributed by atoms with Gasteiger partial charge in [0.2, 0.25) is 0 Å². The van der Waals surface area contributed by atoms with Crippen LogP contribution >= 0.6 is 0 Å². The number of hydrogen-bond donors (Lipinski definition) is 0. The van der Waals surface area contributed by atoms with Gasteiger partial charge < -0.3 is 0 Å². The molecule has 0 bridgehead atoms. The largest absolute Gasteiger partial charge is 0.0851 e. The molecule has 0 radical (unpaired) electrons. The molecule has 0 heterocycles. The fourth-order valence-electron chi connectivity index (χ4n) is 3.52. The lowest BCUT2D eigenvalue weighted by Crippen LogP contribution is -2.18. The molecule has 0 aromatic rings. The van der Waals surface area contributed by atoms with Gasteiger partial charge in [0.1, 0.15) is 0 Å². The van der Waals surface area contributed by atoms with Crippen LogP contribution in [0.3, 0.4) is 0 Å². The Morgan fingerprint density at radius 1 is 0.870 bits per heavy atom. The average Bonchev–Trinajstić information content (AvgIpc) is 2.55. The van der Waals surface area contributed by atoms with E-state index in [2.05, 4.69) is 68.4 Å². The molecule has 0 N–H and O–H groups in total. The van der Waals surface area contributed by atoms with E-state index < -0.39 is 0 Å². The maximum Gasteiger partial charge on any atom is -0.0206 e. The van der Waals surface area contributed by atoms with Crippen molar-refractivity contribution >= 4 is 0 Å². The monoisotopic (exact) mass is 322 g/mol. The molecule has 6 atom stereocenters. The van der Waals surface area contributed by atoms with Gasteiger partial charge in [-0.1, -0.05) is 92.7 Å². The quantitative estimate of drug-likeness (QED) is 0.318. The summed E-state index contributed by atoms with van der Waals surface area (Å²) in [6.45, 7) is 21.6. The van der Waals surface area contributed by atoms with E-state index >= 15 is 0 Å². The standard InChI is InChI=1S/C23H46/c1-10-12-13-19(5)22(8)23(9)20(6)15-14-18(4)21(7)16-17(3)11-2/h15,17-19,21-23H,10-14,16H2,1-9H3. The third-order valence-corrected chi connectivity index (χ3v) is 6.67. The van der Waals surface area contributed by atoms with E-state index in [1.165, 1.54) is 38.5 Å². The molecular weight excluding hydrogens is 276 g/mol. The third-order valence-electron chi connectivity index (χ3n) is 6.67. The van der Waals surface area contributed by atoms with Crippen molar-refractivity contribution in [2.75, 3.05) is 0 Å². The van der Waals surface area contributed by atoms with Gasteiger partial charge in [-0.2, -0.15) is 0 Å². The van der Waals surface area contributed by atoms with Crippen molar-refractivity contribution in [3.8, 4) is 0 Å². The van der Waals surface area contributed by atoms with Crippen LogP contribution in [0.2, 0.25) is 0 Å². The summed E-state index contributed by atoms with van der Waals surface area (Å²) in [7, 11) is 0. The minimum Gasteiger partial charge on any atom is -0.0851 e. The Hall–Kier alpha value is -0.260. The van der Waals surface area contributed by atoms with Gasteiger partial charge in [-0.3, -0.25) is 0 Å². The SMILES string of the molecule is CCCCC(C)C(C)C(C)C(C)=CCC(C)C(C)CC(C)CC. The van der Waals surface area contributed by atoms with E-state index in [1.807, 2.05) is 0 Å². The highest BCUT2D eigenvalue weighted by atomic mass is 14.3. The van der Waals surface area contributed by atoms with Gasteiger partial charge in [-0.25, -0.2) is 0 Å². The predicted octanol–water partition coefficient (Wildman–Crippen LogP) is 8.13. The molecule has 0 amide bonds. The second-order valence-electron chi connectivity index (χ2n) is 8.65. The summed E-state index contributed by atoms with van der Waals surface area (Å²) in [6.07, 6.45) is 10.6. The number of allylic oxidation sites excluding steroid dienone is 2. The van der Waals surface area contributed by atoms with Gasteiger partial charge in [-0.15, -0.1) is 0 Å². The molecule has 0 aliphatic rings. The lowest BCUT2D eigenvalue weighted by molar-refractivity contribution is 0.285. The van der Waals surface area contributed by atoms with E-state index in [-0.39, 0.29) is 0 Å². The van der Waals surface area contributed by atoms with Gasteiger partial charge in [0, 0.05) is 0 Å². The normalized spacial score (nSPS) is 20.7. The van der Waals surface area contributed by atoms with Crippen LogP contribution < -0.4 is 0 Å². The predicted molar refractivity (Wildman–Crippen MR) is 108 cm³/mol. The third kappa shape index (κ3) is 8.96. The molecule has 0 spiro atoms. The van der Waals surface area contributed by atoms with Gasteiger partial charge in [0.05, 0.1) is 0 Å². The van der Waals surface area contributed by atoms with Gasteiger partial charge >= 0.3 is 0 Å². The maximum absolute atomic E-state index is 2.55. The van der Waals surface area contributed by atoms with E-state index in [0.29, 0.717) is 0 Å². The fraction of sp³-hybridized carbons (Fsp3) is 0.913. The molecule has 23 heavy (non-hydrogen) atoms. The average molecular weight is 323 g/mol. The highest BCUT2D eigenvalue weighted by molar-refractivity contribution is 5.04. The Morgan fingerprint density at radius 2 is 1.48 bits per heavy atom. The molecule has 0 saturated heterocycles. The molecule has 0 aromatic heterocycles. The molecule has 0 saturated carbocycles. The van der Waals surface area contributed by atoms with Crippen LogP contribution in [0.1, 0.15) is 101 Å². The Morgan fingerprint density at radius 3 is 2.00 bits per heavy atom. The summed E-state index contributed by atoms with van der Waals surface area (Å²) < 4.78 is 0. The molecule has 0 fully saturated rings. The summed E-state index contributed by atoms with van der Waals surface area (Å²) in [5.41, 5.74) is 1.61. The zero-order chi connectivity index (χ0) is 18.0. The van der Waals surface area contributed by atoms with E-state index in [4.69, 9.17) is 0 Å². The van der Waals surface area contributed by atoms with E-state index in [0.717, 1.165) is 35.5 Å². The Kier molecular flexibility index (Phi) is 12.0. The summed E-state index contributed by atoms with van der Waals surface area (Å²) >= 11 is 0. The molecule has 0 aliphatic carbocycles. The van der Waals surface area contributed by atoms with E-state index in [1.54, 1.807) is 5.57 Å². The molecule has 0 aromatic carbocycles. The summed E-state index contributed by atoms with van der Waals surface area (Å²) in [5.74, 6) is 4.87. The number of hydrogen-bond acceptors (Lipinski definition) is 0. The first-order valence-electron chi connectivity index (χ1n) is 10.4. The molecule has 0 nitrogen and oxygen atoms in total. The molecule has 0 rings (SSSR count).